The summed E-state index contributed by atoms with van der Waals surface area (Å²) in [5.74, 6) is 0.427. The van der Waals surface area contributed by atoms with Crippen molar-refractivity contribution in [1.29, 1.82) is 0 Å². The van der Waals surface area contributed by atoms with Gasteiger partial charge in [0.25, 0.3) is 5.88 Å². The quantitative estimate of drug-likeness (QED) is 0.461. The summed E-state index contributed by atoms with van der Waals surface area (Å²) in [6.07, 6.45) is 4.77. The van der Waals surface area contributed by atoms with Crippen molar-refractivity contribution in [3.8, 4) is 5.88 Å². The highest BCUT2D eigenvalue weighted by molar-refractivity contribution is 6.74. The topological polar surface area (TPSA) is 44.2 Å². The van der Waals surface area contributed by atoms with Gasteiger partial charge in [-0.1, -0.05) is 32.4 Å². The monoisotopic (exact) mass is 358 g/mol. The normalized spacial score (nSPS) is 13.9. The molecule has 4 nitrogen and oxygen atoms in total. The smallest absolute Gasteiger partial charge is 0.252 e. The van der Waals surface area contributed by atoms with Crippen molar-refractivity contribution in [3.05, 3.63) is 17.0 Å². The fraction of sp³-hybridized carbons (Fsp3) is 0.765. The first-order valence-electron chi connectivity index (χ1n) is 8.32. The third kappa shape index (κ3) is 6.77. The minimum Gasteiger partial charge on any atom is -0.472 e. The van der Waals surface area contributed by atoms with Crippen molar-refractivity contribution < 1.29 is 9.16 Å². The molecule has 0 radical (unpaired) electrons. The zero-order valence-corrected chi connectivity index (χ0v) is 17.3. The summed E-state index contributed by atoms with van der Waals surface area (Å²) in [5, 5.41) is 0.591. The van der Waals surface area contributed by atoms with E-state index in [0.29, 0.717) is 11.0 Å². The molecule has 0 aromatic carbocycles. The summed E-state index contributed by atoms with van der Waals surface area (Å²) in [6, 6.07) is 0. The molecule has 0 unspecified atom stereocenters. The molecular weight excluding hydrogens is 328 g/mol. The molecule has 0 saturated carbocycles. The third-order valence-corrected chi connectivity index (χ3v) is 9.20. The second-order valence-electron chi connectivity index (χ2n) is 7.64. The Labute approximate surface area is 147 Å². The minimum absolute atomic E-state index is 0.0662. The predicted octanol–water partition coefficient (Wildman–Crippen LogP) is 5.40. The molecule has 0 N–H and O–H groups in total. The molecule has 23 heavy (non-hydrogen) atoms. The van der Waals surface area contributed by atoms with E-state index in [0.717, 1.165) is 31.6 Å². The zero-order chi connectivity index (χ0) is 17.7. The fourth-order valence-electron chi connectivity index (χ4n) is 1.84. The molecule has 0 saturated heterocycles. The summed E-state index contributed by atoms with van der Waals surface area (Å²) in [6.45, 7) is 16.1. The van der Waals surface area contributed by atoms with Crippen molar-refractivity contribution in [2.24, 2.45) is 0 Å². The van der Waals surface area contributed by atoms with Crippen molar-refractivity contribution in [3.63, 3.8) is 0 Å². The maximum Gasteiger partial charge on any atom is 0.252 e. The number of nitrogens with zero attached hydrogens (tertiary/aromatic N) is 2. The van der Waals surface area contributed by atoms with Crippen LogP contribution in [-0.2, 0) is 4.43 Å². The van der Waals surface area contributed by atoms with E-state index in [2.05, 4.69) is 43.8 Å². The third-order valence-electron chi connectivity index (χ3n) is 4.41. The highest BCUT2D eigenvalue weighted by Gasteiger charge is 2.36. The highest BCUT2D eigenvalue weighted by atomic mass is 35.5. The Hall–Kier alpha value is -0.653. The van der Waals surface area contributed by atoms with Gasteiger partial charge in [-0.3, -0.25) is 0 Å². The van der Waals surface area contributed by atoms with Gasteiger partial charge in [0.05, 0.1) is 18.0 Å². The van der Waals surface area contributed by atoms with Crippen LogP contribution in [0.1, 0.15) is 52.7 Å². The first-order valence-corrected chi connectivity index (χ1v) is 11.6. The zero-order valence-electron chi connectivity index (χ0n) is 15.6. The average molecular weight is 359 g/mol. The minimum atomic E-state index is -1.62. The van der Waals surface area contributed by atoms with E-state index < -0.39 is 8.32 Å². The summed E-state index contributed by atoms with van der Waals surface area (Å²) in [7, 11) is -1.62. The van der Waals surface area contributed by atoms with Gasteiger partial charge in [0.1, 0.15) is 0 Å². The van der Waals surface area contributed by atoms with Crippen LogP contribution in [0.2, 0.25) is 23.3 Å². The predicted molar refractivity (Wildman–Crippen MR) is 98.9 cm³/mol. The van der Waals surface area contributed by atoms with Crippen molar-refractivity contribution >= 4 is 19.9 Å². The lowest BCUT2D eigenvalue weighted by atomic mass is 10.2. The molecule has 0 fully saturated rings. The van der Waals surface area contributed by atoms with Crippen LogP contribution in [0.15, 0.2) is 6.20 Å². The Balaban J connectivity index is 2.30. The van der Waals surface area contributed by atoms with Gasteiger partial charge in [-0.15, -0.1) is 0 Å². The van der Waals surface area contributed by atoms with Crippen LogP contribution in [0.5, 0.6) is 5.88 Å². The molecule has 1 atom stereocenters. The highest BCUT2D eigenvalue weighted by Crippen LogP contribution is 2.36. The van der Waals surface area contributed by atoms with E-state index in [1.165, 1.54) is 0 Å². The lowest BCUT2D eigenvalue weighted by Crippen LogP contribution is -2.40. The largest absolute Gasteiger partial charge is 0.472 e. The molecular formula is C17H31ClN2O2Si. The Bertz CT molecular complexity index is 504. The summed E-state index contributed by atoms with van der Waals surface area (Å²) < 4.78 is 12.0. The van der Waals surface area contributed by atoms with Crippen molar-refractivity contribution in [2.75, 3.05) is 6.61 Å². The molecule has 1 heterocycles. The number of rotatable bonds is 8. The van der Waals surface area contributed by atoms with Gasteiger partial charge in [0.15, 0.2) is 13.5 Å². The fourth-order valence-corrected chi connectivity index (χ4v) is 3.07. The van der Waals surface area contributed by atoms with Gasteiger partial charge in [-0.05, 0) is 51.2 Å². The Morgan fingerprint density at radius 1 is 1.26 bits per heavy atom. The summed E-state index contributed by atoms with van der Waals surface area (Å²) in [4.78, 5) is 8.33. The summed E-state index contributed by atoms with van der Waals surface area (Å²) in [5.41, 5.74) is 0.805. The lowest BCUT2D eigenvalue weighted by Gasteiger charge is -2.36. The second kappa shape index (κ2) is 8.45. The van der Waals surface area contributed by atoms with Crippen molar-refractivity contribution in [2.45, 2.75) is 78.1 Å². The Kier molecular flexibility index (Phi) is 7.49. The van der Waals surface area contributed by atoms with Gasteiger partial charge >= 0.3 is 0 Å². The SMILES string of the molecule is Cc1cnc(Cl)c(O[C@H](C)CCCCO[Si](C)(C)C(C)(C)C)n1. The number of unbranched alkanes of at least 4 members (excludes halogenated alkanes) is 1. The lowest BCUT2D eigenvalue weighted by molar-refractivity contribution is 0.191. The molecule has 0 aliphatic heterocycles. The standard InChI is InChI=1S/C17H31ClN2O2Si/c1-13-12-19-15(18)16(20-13)22-14(2)10-8-9-11-21-23(6,7)17(3,4)5/h12,14H,8-11H2,1-7H3/t14-/m1/s1. The maximum absolute atomic E-state index is 6.18. The van der Waals surface area contributed by atoms with Crippen molar-refractivity contribution in [1.82, 2.24) is 9.97 Å². The molecule has 6 heteroatoms. The van der Waals surface area contributed by atoms with Gasteiger partial charge in [0, 0.05) is 6.61 Å². The Morgan fingerprint density at radius 3 is 2.52 bits per heavy atom. The van der Waals surface area contributed by atoms with Crippen LogP contribution in [0.25, 0.3) is 0 Å². The number of hydrogen-bond acceptors (Lipinski definition) is 4. The van der Waals surface area contributed by atoms with E-state index in [1.54, 1.807) is 6.20 Å². The second-order valence-corrected chi connectivity index (χ2v) is 12.8. The molecule has 0 aliphatic rings. The van der Waals surface area contributed by atoms with Crippen LogP contribution in [0, 0.1) is 6.92 Å². The Morgan fingerprint density at radius 2 is 1.91 bits per heavy atom. The molecule has 0 spiro atoms. The van der Waals surface area contributed by atoms with Gasteiger partial charge in [-0.2, -0.15) is 0 Å². The number of aromatic nitrogens is 2. The number of hydrogen-bond donors (Lipinski definition) is 0. The van der Waals surface area contributed by atoms with Gasteiger partial charge in [-0.25, -0.2) is 9.97 Å². The van der Waals surface area contributed by atoms with E-state index in [1.807, 2.05) is 13.8 Å². The van der Waals surface area contributed by atoms with E-state index >= 15 is 0 Å². The van der Waals surface area contributed by atoms with Crippen LogP contribution in [-0.4, -0.2) is 31.0 Å². The molecule has 0 bridgehead atoms. The van der Waals surface area contributed by atoms with Gasteiger partial charge < -0.3 is 9.16 Å². The molecule has 1 rings (SSSR count). The number of halogens is 1. The maximum atomic E-state index is 6.18. The molecule has 1 aromatic heterocycles. The molecule has 132 valence electrons. The van der Waals surface area contributed by atoms with Crippen LogP contribution < -0.4 is 4.74 Å². The number of aryl methyl sites for hydroxylation is 1. The van der Waals surface area contributed by atoms with Crippen LogP contribution >= 0.6 is 11.6 Å². The van der Waals surface area contributed by atoms with Crippen LogP contribution in [0.3, 0.4) is 0 Å². The van der Waals surface area contributed by atoms with E-state index in [9.17, 15) is 0 Å². The van der Waals surface area contributed by atoms with E-state index in [4.69, 9.17) is 20.8 Å². The molecule has 1 aromatic rings. The summed E-state index contributed by atoms with van der Waals surface area (Å²) >= 11 is 6.00. The van der Waals surface area contributed by atoms with Crippen LogP contribution in [0.4, 0.5) is 0 Å². The molecule has 0 amide bonds. The first-order chi connectivity index (χ1) is 10.5. The average Bonchev–Trinajstić information content (AvgIpc) is 2.41. The van der Waals surface area contributed by atoms with E-state index in [-0.39, 0.29) is 11.1 Å². The van der Waals surface area contributed by atoms with Gasteiger partial charge in [0.2, 0.25) is 0 Å². The number of ether oxygens (including phenoxy) is 1. The molecule has 0 aliphatic carbocycles. The first kappa shape index (κ1) is 20.4.